The molecule has 0 bridgehead atoms. The van der Waals surface area contributed by atoms with E-state index in [4.69, 9.17) is 5.73 Å². The molecule has 0 aromatic heterocycles. The molecule has 0 radical (unpaired) electrons. The maximum atomic E-state index is 5.48. The topological polar surface area (TPSA) is 38.0 Å². The molecule has 136 valence electrons. The highest BCUT2D eigenvalue weighted by atomic mass is 14.7. The summed E-state index contributed by atoms with van der Waals surface area (Å²) in [5.41, 5.74) is 5.48. The lowest BCUT2D eigenvalue weighted by molar-refractivity contribution is 0.530. The summed E-state index contributed by atoms with van der Waals surface area (Å²) >= 11 is 0. The monoisotopic (exact) mass is 314 g/mol. The van der Waals surface area contributed by atoms with Gasteiger partial charge in [-0.2, -0.15) is 0 Å². The summed E-state index contributed by atoms with van der Waals surface area (Å²) in [6.07, 6.45) is 22.9. The molecule has 0 aliphatic rings. The summed E-state index contributed by atoms with van der Waals surface area (Å²) in [6, 6.07) is 0. The van der Waals surface area contributed by atoms with Crippen LogP contribution in [0.25, 0.3) is 0 Å². The molecule has 0 aromatic rings. The van der Waals surface area contributed by atoms with Crippen LogP contribution in [0.1, 0.15) is 110 Å². The summed E-state index contributed by atoms with van der Waals surface area (Å²) in [5.74, 6) is 0. The Bertz CT molecular complexity index is 144. The maximum Gasteiger partial charge on any atom is -0.00773 e. The molecule has 0 aliphatic carbocycles. The minimum absolute atomic E-state index is 0.873. The molecule has 0 saturated heterocycles. The number of rotatable bonds is 16. The number of nitrogens with one attached hydrogen (secondary N) is 1. The fourth-order valence-electron chi connectivity index (χ4n) is 2.69. The van der Waals surface area contributed by atoms with Crippen molar-refractivity contribution in [1.29, 1.82) is 0 Å². The first-order chi connectivity index (χ1) is 10.8. The smallest absolute Gasteiger partial charge is 0.00773 e. The maximum absolute atomic E-state index is 5.48. The molecule has 0 atom stereocenters. The quantitative estimate of drug-likeness (QED) is 0.341. The highest BCUT2D eigenvalue weighted by Gasteiger charge is 1.94. The summed E-state index contributed by atoms with van der Waals surface area (Å²) < 4.78 is 0. The van der Waals surface area contributed by atoms with E-state index in [0.29, 0.717) is 0 Å². The average molecular weight is 315 g/mol. The van der Waals surface area contributed by atoms with Crippen molar-refractivity contribution in [2.75, 3.05) is 20.6 Å². The fourth-order valence-corrected chi connectivity index (χ4v) is 2.69. The Labute approximate surface area is 142 Å². The van der Waals surface area contributed by atoms with Gasteiger partial charge in [0.2, 0.25) is 0 Å². The normalized spacial score (nSPS) is 10.4. The molecule has 0 spiro atoms. The van der Waals surface area contributed by atoms with E-state index in [-0.39, 0.29) is 0 Å². The Morgan fingerprint density at radius 1 is 0.500 bits per heavy atom. The van der Waals surface area contributed by atoms with Crippen LogP contribution in [0.5, 0.6) is 0 Å². The van der Waals surface area contributed by atoms with Gasteiger partial charge in [-0.15, -0.1) is 0 Å². The van der Waals surface area contributed by atoms with Gasteiger partial charge in [0.05, 0.1) is 0 Å². The van der Waals surface area contributed by atoms with Gasteiger partial charge in [-0.05, 0) is 27.1 Å². The third kappa shape index (κ3) is 28.1. The standard InChI is InChI=1S/C18H39N.C2H7N/c1-2-3-4-5-6-7-8-9-10-11-12-13-14-15-16-17-18-19;1-3-2/h2-19H2,1H3;3H,1-2H3. The molecule has 0 amide bonds. The van der Waals surface area contributed by atoms with Gasteiger partial charge in [0, 0.05) is 0 Å². The Kier molecular flexibility index (Phi) is 28.4. The molecule has 0 aromatic carbocycles. The summed E-state index contributed by atoms with van der Waals surface area (Å²) in [7, 11) is 3.75. The van der Waals surface area contributed by atoms with Crippen molar-refractivity contribution in [1.82, 2.24) is 5.32 Å². The lowest BCUT2D eigenvalue weighted by atomic mass is 10.0. The van der Waals surface area contributed by atoms with Gasteiger partial charge in [-0.1, -0.05) is 103 Å². The van der Waals surface area contributed by atoms with E-state index < -0.39 is 0 Å². The van der Waals surface area contributed by atoms with Crippen molar-refractivity contribution >= 4 is 0 Å². The lowest BCUT2D eigenvalue weighted by Crippen LogP contribution is -1.97. The summed E-state index contributed by atoms with van der Waals surface area (Å²) in [5, 5.41) is 2.75. The Morgan fingerprint density at radius 2 is 0.727 bits per heavy atom. The molecule has 0 saturated carbocycles. The summed E-state index contributed by atoms with van der Waals surface area (Å²) in [6.45, 7) is 3.16. The van der Waals surface area contributed by atoms with Gasteiger partial charge >= 0.3 is 0 Å². The van der Waals surface area contributed by atoms with E-state index in [1.54, 1.807) is 0 Å². The van der Waals surface area contributed by atoms with E-state index in [1.807, 2.05) is 14.1 Å². The second kappa shape index (κ2) is 25.9. The third-order valence-corrected chi connectivity index (χ3v) is 4.06. The van der Waals surface area contributed by atoms with Crippen LogP contribution in [0.15, 0.2) is 0 Å². The summed E-state index contributed by atoms with van der Waals surface area (Å²) in [4.78, 5) is 0. The van der Waals surface area contributed by atoms with E-state index in [0.717, 1.165) is 6.54 Å². The van der Waals surface area contributed by atoms with Gasteiger partial charge in [-0.25, -0.2) is 0 Å². The predicted molar refractivity (Wildman–Crippen MR) is 104 cm³/mol. The third-order valence-electron chi connectivity index (χ3n) is 4.06. The zero-order valence-corrected chi connectivity index (χ0v) is 16.1. The van der Waals surface area contributed by atoms with Crippen molar-refractivity contribution in [2.45, 2.75) is 110 Å². The Hall–Kier alpha value is -0.0800. The zero-order chi connectivity index (χ0) is 16.7. The van der Waals surface area contributed by atoms with E-state index >= 15 is 0 Å². The van der Waals surface area contributed by atoms with Gasteiger partial charge < -0.3 is 11.1 Å². The zero-order valence-electron chi connectivity index (χ0n) is 16.1. The van der Waals surface area contributed by atoms with Crippen molar-refractivity contribution in [3.05, 3.63) is 0 Å². The van der Waals surface area contributed by atoms with E-state index in [2.05, 4.69) is 12.2 Å². The van der Waals surface area contributed by atoms with Crippen molar-refractivity contribution in [3.8, 4) is 0 Å². The number of unbranched alkanes of at least 4 members (excludes halogenated alkanes) is 15. The van der Waals surface area contributed by atoms with E-state index in [9.17, 15) is 0 Å². The SMILES string of the molecule is CCCCCCCCCCCCCCCCCCN.CNC. The first-order valence-corrected chi connectivity index (χ1v) is 10.1. The number of nitrogens with two attached hydrogens (primary N) is 1. The minimum atomic E-state index is 0.873. The highest BCUT2D eigenvalue weighted by molar-refractivity contribution is 4.49. The van der Waals surface area contributed by atoms with Crippen LogP contribution in [0.3, 0.4) is 0 Å². The van der Waals surface area contributed by atoms with Gasteiger partial charge in [0.1, 0.15) is 0 Å². The molecular weight excluding hydrogens is 268 g/mol. The van der Waals surface area contributed by atoms with E-state index in [1.165, 1.54) is 103 Å². The van der Waals surface area contributed by atoms with Gasteiger partial charge in [0.15, 0.2) is 0 Å². The second-order valence-corrected chi connectivity index (χ2v) is 6.59. The molecular formula is C20H46N2. The van der Waals surface area contributed by atoms with Gasteiger partial charge in [0.25, 0.3) is 0 Å². The predicted octanol–water partition coefficient (Wildman–Crippen LogP) is 6.04. The van der Waals surface area contributed by atoms with Crippen LogP contribution < -0.4 is 11.1 Å². The Balaban J connectivity index is 0. The minimum Gasteiger partial charge on any atom is -0.330 e. The molecule has 22 heavy (non-hydrogen) atoms. The van der Waals surface area contributed by atoms with Gasteiger partial charge in [-0.3, -0.25) is 0 Å². The molecule has 2 nitrogen and oxygen atoms in total. The lowest BCUT2D eigenvalue weighted by Gasteiger charge is -2.03. The van der Waals surface area contributed by atoms with Crippen LogP contribution in [0.2, 0.25) is 0 Å². The van der Waals surface area contributed by atoms with Crippen LogP contribution in [-0.4, -0.2) is 20.6 Å². The molecule has 0 aliphatic heterocycles. The van der Waals surface area contributed by atoms with Crippen molar-refractivity contribution in [3.63, 3.8) is 0 Å². The molecule has 0 unspecified atom stereocenters. The number of hydrogen-bond donors (Lipinski definition) is 2. The molecule has 0 fully saturated rings. The Morgan fingerprint density at radius 3 is 0.955 bits per heavy atom. The fraction of sp³-hybridized carbons (Fsp3) is 1.00. The van der Waals surface area contributed by atoms with Crippen molar-refractivity contribution < 1.29 is 0 Å². The average Bonchev–Trinajstić information content (AvgIpc) is 2.52. The molecule has 0 rings (SSSR count). The molecule has 3 N–H and O–H groups in total. The molecule has 0 heterocycles. The van der Waals surface area contributed by atoms with Crippen LogP contribution >= 0.6 is 0 Å². The first-order valence-electron chi connectivity index (χ1n) is 10.1. The van der Waals surface area contributed by atoms with Crippen molar-refractivity contribution in [2.24, 2.45) is 5.73 Å². The second-order valence-electron chi connectivity index (χ2n) is 6.59. The van der Waals surface area contributed by atoms with Crippen LogP contribution in [-0.2, 0) is 0 Å². The first kappa shape index (κ1) is 24.2. The highest BCUT2D eigenvalue weighted by Crippen LogP contribution is 2.13. The number of hydrogen-bond acceptors (Lipinski definition) is 2. The van der Waals surface area contributed by atoms with Crippen LogP contribution in [0, 0.1) is 0 Å². The largest absolute Gasteiger partial charge is 0.330 e. The van der Waals surface area contributed by atoms with Crippen LogP contribution in [0.4, 0.5) is 0 Å². The molecule has 2 heteroatoms.